The predicted molar refractivity (Wildman–Crippen MR) is 75.7 cm³/mol. The summed E-state index contributed by atoms with van der Waals surface area (Å²) in [6, 6.07) is 1.30. The third-order valence-corrected chi connectivity index (χ3v) is 5.02. The van der Waals surface area contributed by atoms with Crippen molar-refractivity contribution in [2.45, 2.75) is 44.3 Å². The van der Waals surface area contributed by atoms with Gasteiger partial charge in [0.15, 0.2) is 0 Å². The lowest BCUT2D eigenvalue weighted by molar-refractivity contribution is -0.174. The number of nitrogens with one attached hydrogen (secondary N) is 2. The van der Waals surface area contributed by atoms with Gasteiger partial charge in [-0.15, -0.1) is 11.3 Å². The normalized spacial score (nSPS) is 21.1. The van der Waals surface area contributed by atoms with Gasteiger partial charge in [0.05, 0.1) is 5.00 Å². The summed E-state index contributed by atoms with van der Waals surface area (Å²) in [5.74, 6) is -1.77. The first-order valence-corrected chi connectivity index (χ1v) is 7.94. The molecule has 1 heterocycles. The highest BCUT2D eigenvalue weighted by Crippen LogP contribution is 2.35. The van der Waals surface area contributed by atoms with Crippen LogP contribution in [0.4, 0.5) is 18.2 Å². The van der Waals surface area contributed by atoms with Crippen molar-refractivity contribution < 1.29 is 22.8 Å². The summed E-state index contributed by atoms with van der Waals surface area (Å²) >= 11 is 1.47. The number of halogens is 3. The second-order valence-corrected chi connectivity index (χ2v) is 6.87. The Labute approximate surface area is 129 Å². The Hall–Kier alpha value is -1.57. The molecule has 1 atom stereocenters. The molecule has 3 rings (SSSR count). The molecule has 0 saturated heterocycles. The van der Waals surface area contributed by atoms with E-state index >= 15 is 0 Å². The number of alkyl halides is 3. The third kappa shape index (κ3) is 3.43. The molecule has 0 unspecified atom stereocenters. The Morgan fingerprint density at radius 1 is 1.23 bits per heavy atom. The van der Waals surface area contributed by atoms with Crippen LogP contribution >= 0.6 is 11.3 Å². The van der Waals surface area contributed by atoms with Crippen LogP contribution in [0.2, 0.25) is 0 Å². The number of anilines is 1. The number of hydrogen-bond donors (Lipinski definition) is 2. The van der Waals surface area contributed by atoms with E-state index < -0.39 is 18.1 Å². The molecule has 2 aliphatic rings. The van der Waals surface area contributed by atoms with E-state index in [9.17, 15) is 22.8 Å². The van der Waals surface area contributed by atoms with Crippen molar-refractivity contribution in [3.8, 4) is 0 Å². The fourth-order valence-electron chi connectivity index (χ4n) is 2.54. The number of thiophene rings is 1. The molecule has 2 N–H and O–H groups in total. The zero-order valence-corrected chi connectivity index (χ0v) is 12.4. The van der Waals surface area contributed by atoms with E-state index in [0.717, 1.165) is 28.3 Å². The van der Waals surface area contributed by atoms with E-state index in [0.29, 0.717) is 19.3 Å². The van der Waals surface area contributed by atoms with Crippen LogP contribution in [0, 0.1) is 5.92 Å². The number of carbonyl (C=O) groups excluding carboxylic acids is 2. The number of amides is 2. The van der Waals surface area contributed by atoms with Crippen LogP contribution in [-0.4, -0.2) is 24.0 Å². The smallest absolute Gasteiger partial charge is 0.345 e. The van der Waals surface area contributed by atoms with Crippen LogP contribution in [0.15, 0.2) is 6.07 Å². The zero-order valence-electron chi connectivity index (χ0n) is 11.6. The molecule has 0 aromatic carbocycles. The molecule has 0 aliphatic heterocycles. The Morgan fingerprint density at radius 2 is 1.95 bits per heavy atom. The Kier molecular flexibility index (Phi) is 3.88. The standard InChI is InChI=1S/C14H15F3N2O2S/c15-14(16,17)13(21)18-9-3-4-10-8(5-9)6-11(22-10)19-12(20)7-1-2-7/h6-7,9H,1-5H2,(H,18,21)(H,19,20)/t9-/m0/s1. The summed E-state index contributed by atoms with van der Waals surface area (Å²) in [6.45, 7) is 0. The molecular weight excluding hydrogens is 317 g/mol. The van der Waals surface area contributed by atoms with Gasteiger partial charge in [-0.2, -0.15) is 13.2 Å². The van der Waals surface area contributed by atoms with Crippen molar-refractivity contribution in [2.75, 3.05) is 5.32 Å². The minimum atomic E-state index is -4.85. The van der Waals surface area contributed by atoms with Crippen LogP contribution in [0.1, 0.15) is 29.7 Å². The highest BCUT2D eigenvalue weighted by molar-refractivity contribution is 7.16. The highest BCUT2D eigenvalue weighted by Gasteiger charge is 2.40. The molecular formula is C14H15F3N2O2S. The summed E-state index contributed by atoms with van der Waals surface area (Å²) in [4.78, 5) is 23.8. The summed E-state index contributed by atoms with van der Waals surface area (Å²) in [5.41, 5.74) is 0.912. The van der Waals surface area contributed by atoms with E-state index in [1.807, 2.05) is 11.4 Å². The van der Waals surface area contributed by atoms with Gasteiger partial charge in [0.1, 0.15) is 0 Å². The van der Waals surface area contributed by atoms with E-state index in [4.69, 9.17) is 0 Å². The molecule has 1 aromatic rings. The average molecular weight is 332 g/mol. The first kappa shape index (κ1) is 15.3. The zero-order chi connectivity index (χ0) is 15.9. The fraction of sp³-hybridized carbons (Fsp3) is 0.571. The minimum Gasteiger partial charge on any atom is -0.345 e. The molecule has 2 aliphatic carbocycles. The van der Waals surface area contributed by atoms with Gasteiger partial charge < -0.3 is 10.6 Å². The lowest BCUT2D eigenvalue weighted by Gasteiger charge is -2.23. The predicted octanol–water partition coefficient (Wildman–Crippen LogP) is 2.63. The van der Waals surface area contributed by atoms with Gasteiger partial charge in [-0.25, -0.2) is 0 Å². The van der Waals surface area contributed by atoms with Crippen molar-refractivity contribution in [1.29, 1.82) is 0 Å². The van der Waals surface area contributed by atoms with Crippen molar-refractivity contribution in [2.24, 2.45) is 5.92 Å². The second-order valence-electron chi connectivity index (χ2n) is 5.73. The summed E-state index contributed by atoms with van der Waals surface area (Å²) in [5, 5.41) is 5.62. The Balaban J connectivity index is 1.61. The van der Waals surface area contributed by atoms with Crippen LogP contribution < -0.4 is 10.6 Å². The van der Waals surface area contributed by atoms with Crippen molar-refractivity contribution in [1.82, 2.24) is 5.32 Å². The molecule has 4 nitrogen and oxygen atoms in total. The first-order chi connectivity index (χ1) is 10.3. The third-order valence-electron chi connectivity index (χ3n) is 3.87. The van der Waals surface area contributed by atoms with E-state index in [1.54, 1.807) is 0 Å². The van der Waals surface area contributed by atoms with Gasteiger partial charge in [-0.1, -0.05) is 0 Å². The van der Waals surface area contributed by atoms with Gasteiger partial charge >= 0.3 is 12.1 Å². The minimum absolute atomic E-state index is 0.0144. The van der Waals surface area contributed by atoms with Gasteiger partial charge in [-0.05, 0) is 43.7 Å². The summed E-state index contributed by atoms with van der Waals surface area (Å²) in [7, 11) is 0. The number of rotatable bonds is 3. The summed E-state index contributed by atoms with van der Waals surface area (Å²) in [6.07, 6.45) is -1.55. The quantitative estimate of drug-likeness (QED) is 0.894. The highest BCUT2D eigenvalue weighted by atomic mass is 32.1. The van der Waals surface area contributed by atoms with Crippen LogP contribution in [-0.2, 0) is 22.4 Å². The van der Waals surface area contributed by atoms with Crippen molar-refractivity contribution >= 4 is 28.2 Å². The lowest BCUT2D eigenvalue weighted by Crippen LogP contribution is -2.45. The van der Waals surface area contributed by atoms with E-state index in [1.165, 1.54) is 11.3 Å². The van der Waals surface area contributed by atoms with Crippen molar-refractivity contribution in [3.63, 3.8) is 0 Å². The number of aryl methyl sites for hydroxylation is 1. The molecule has 22 heavy (non-hydrogen) atoms. The molecule has 1 saturated carbocycles. The molecule has 1 aromatic heterocycles. The van der Waals surface area contributed by atoms with E-state index in [-0.39, 0.29) is 11.8 Å². The van der Waals surface area contributed by atoms with Gasteiger partial charge in [-0.3, -0.25) is 9.59 Å². The monoisotopic (exact) mass is 332 g/mol. The number of fused-ring (bicyclic) bond motifs is 1. The second kappa shape index (κ2) is 5.57. The van der Waals surface area contributed by atoms with Gasteiger partial charge in [0.25, 0.3) is 0 Å². The molecule has 0 spiro atoms. The molecule has 0 radical (unpaired) electrons. The first-order valence-electron chi connectivity index (χ1n) is 7.13. The van der Waals surface area contributed by atoms with E-state index in [2.05, 4.69) is 5.32 Å². The Bertz CT molecular complexity index is 608. The molecule has 0 bridgehead atoms. The maximum Gasteiger partial charge on any atom is 0.471 e. The topological polar surface area (TPSA) is 58.2 Å². The average Bonchev–Trinajstić information content (AvgIpc) is 3.19. The van der Waals surface area contributed by atoms with Crippen LogP contribution in [0.25, 0.3) is 0 Å². The number of hydrogen-bond acceptors (Lipinski definition) is 3. The maximum atomic E-state index is 12.3. The fourth-order valence-corrected chi connectivity index (χ4v) is 3.66. The maximum absolute atomic E-state index is 12.3. The lowest BCUT2D eigenvalue weighted by atomic mass is 9.94. The number of carbonyl (C=O) groups is 2. The molecule has 8 heteroatoms. The largest absolute Gasteiger partial charge is 0.471 e. The SMILES string of the molecule is O=C(Nc1cc2c(s1)CC[C@H](NC(=O)C(F)(F)F)C2)C1CC1. The van der Waals surface area contributed by atoms with Gasteiger partial charge in [0, 0.05) is 16.8 Å². The van der Waals surface area contributed by atoms with Crippen LogP contribution in [0.3, 0.4) is 0 Å². The Morgan fingerprint density at radius 3 is 2.59 bits per heavy atom. The van der Waals surface area contributed by atoms with Gasteiger partial charge in [0.2, 0.25) is 5.91 Å². The molecule has 2 amide bonds. The summed E-state index contributed by atoms with van der Waals surface area (Å²) < 4.78 is 36.8. The van der Waals surface area contributed by atoms with Crippen molar-refractivity contribution in [3.05, 3.63) is 16.5 Å². The molecule has 120 valence electrons. The van der Waals surface area contributed by atoms with Crippen LogP contribution in [0.5, 0.6) is 0 Å². The molecule has 1 fully saturated rings.